The standard InChI is InChI=1S/C12H8N4O3/c17-11-8-3-1-2-4-10(8)19-12(18)9(11)5-15-16-6-13-14-7-16/h1-7,17H/b15-5+. The molecule has 3 rings (SSSR count). The van der Waals surface area contributed by atoms with E-state index in [1.807, 2.05) is 0 Å². The summed E-state index contributed by atoms with van der Waals surface area (Å²) in [5.74, 6) is -0.163. The summed E-state index contributed by atoms with van der Waals surface area (Å²) in [4.78, 5) is 11.8. The molecule has 0 spiro atoms. The first-order valence-electron chi connectivity index (χ1n) is 5.39. The van der Waals surface area contributed by atoms with E-state index in [-0.39, 0.29) is 11.3 Å². The summed E-state index contributed by atoms with van der Waals surface area (Å²) in [6.45, 7) is 0. The highest BCUT2D eigenvalue weighted by Crippen LogP contribution is 2.24. The van der Waals surface area contributed by atoms with Gasteiger partial charge in [-0.2, -0.15) is 5.10 Å². The maximum absolute atomic E-state index is 11.8. The van der Waals surface area contributed by atoms with Gasteiger partial charge >= 0.3 is 5.63 Å². The molecule has 0 unspecified atom stereocenters. The van der Waals surface area contributed by atoms with Crippen molar-refractivity contribution in [3.63, 3.8) is 0 Å². The summed E-state index contributed by atoms with van der Waals surface area (Å²) in [5.41, 5.74) is -0.355. The summed E-state index contributed by atoms with van der Waals surface area (Å²) in [5, 5.41) is 21.6. The van der Waals surface area contributed by atoms with Crippen molar-refractivity contribution in [1.29, 1.82) is 0 Å². The van der Waals surface area contributed by atoms with Crippen molar-refractivity contribution in [1.82, 2.24) is 14.9 Å². The SMILES string of the molecule is O=c1oc2ccccc2c(O)c1/C=N/n1cnnc1. The van der Waals surface area contributed by atoms with Crippen molar-refractivity contribution in [2.45, 2.75) is 0 Å². The quantitative estimate of drug-likeness (QED) is 0.544. The van der Waals surface area contributed by atoms with E-state index in [0.29, 0.717) is 11.0 Å². The van der Waals surface area contributed by atoms with Crippen LogP contribution in [0.25, 0.3) is 11.0 Å². The minimum absolute atomic E-state index is 0.0209. The number of nitrogens with zero attached hydrogens (tertiary/aromatic N) is 4. The van der Waals surface area contributed by atoms with Crippen LogP contribution in [0, 0.1) is 0 Å². The van der Waals surface area contributed by atoms with Crippen LogP contribution >= 0.6 is 0 Å². The molecule has 19 heavy (non-hydrogen) atoms. The average molecular weight is 256 g/mol. The Balaban J connectivity index is 2.16. The summed E-state index contributed by atoms with van der Waals surface area (Å²) in [7, 11) is 0. The van der Waals surface area contributed by atoms with Crippen LogP contribution in [-0.2, 0) is 0 Å². The number of hydrogen-bond acceptors (Lipinski definition) is 6. The molecule has 2 aromatic heterocycles. The fourth-order valence-corrected chi connectivity index (χ4v) is 1.64. The number of rotatable bonds is 2. The summed E-state index contributed by atoms with van der Waals surface area (Å²) in [6.07, 6.45) is 3.92. The van der Waals surface area contributed by atoms with Gasteiger partial charge in [-0.05, 0) is 12.1 Å². The highest BCUT2D eigenvalue weighted by molar-refractivity contribution is 5.93. The van der Waals surface area contributed by atoms with Crippen molar-refractivity contribution < 1.29 is 9.52 Å². The number of aromatic hydroxyl groups is 1. The van der Waals surface area contributed by atoms with E-state index in [4.69, 9.17) is 4.42 Å². The van der Waals surface area contributed by atoms with Gasteiger partial charge in [-0.25, -0.2) is 9.47 Å². The number of aromatic nitrogens is 3. The molecule has 7 nitrogen and oxygen atoms in total. The first-order chi connectivity index (χ1) is 9.25. The van der Waals surface area contributed by atoms with Crippen LogP contribution in [0.3, 0.4) is 0 Å². The Morgan fingerprint density at radius 1 is 1.26 bits per heavy atom. The highest BCUT2D eigenvalue weighted by Gasteiger charge is 2.11. The number of hydrogen-bond donors (Lipinski definition) is 1. The minimum Gasteiger partial charge on any atom is -0.506 e. The molecule has 0 bridgehead atoms. The maximum Gasteiger partial charge on any atom is 0.349 e. The molecule has 0 aliphatic carbocycles. The zero-order valence-corrected chi connectivity index (χ0v) is 9.59. The van der Waals surface area contributed by atoms with Gasteiger partial charge in [0, 0.05) is 0 Å². The molecule has 0 fully saturated rings. The van der Waals surface area contributed by atoms with E-state index >= 15 is 0 Å². The van der Waals surface area contributed by atoms with Crippen LogP contribution in [0.4, 0.5) is 0 Å². The van der Waals surface area contributed by atoms with E-state index in [1.165, 1.54) is 23.5 Å². The zero-order valence-electron chi connectivity index (χ0n) is 9.59. The number of benzene rings is 1. The number of para-hydroxylation sites is 1. The largest absolute Gasteiger partial charge is 0.506 e. The van der Waals surface area contributed by atoms with E-state index in [2.05, 4.69) is 15.3 Å². The van der Waals surface area contributed by atoms with Gasteiger partial charge < -0.3 is 9.52 Å². The second-order valence-corrected chi connectivity index (χ2v) is 3.73. The van der Waals surface area contributed by atoms with E-state index in [0.717, 1.165) is 0 Å². The Bertz CT molecular complexity index is 805. The van der Waals surface area contributed by atoms with Crippen molar-refractivity contribution >= 4 is 17.2 Å². The monoisotopic (exact) mass is 256 g/mol. The van der Waals surface area contributed by atoms with Crippen molar-refractivity contribution in [2.75, 3.05) is 0 Å². The Hall–Kier alpha value is -2.96. The second kappa shape index (κ2) is 4.37. The van der Waals surface area contributed by atoms with Crippen LogP contribution in [-0.4, -0.2) is 26.2 Å². The van der Waals surface area contributed by atoms with E-state index in [1.54, 1.807) is 24.3 Å². The van der Waals surface area contributed by atoms with Gasteiger partial charge in [-0.15, -0.1) is 10.2 Å². The van der Waals surface area contributed by atoms with Crippen molar-refractivity contribution in [3.8, 4) is 5.75 Å². The summed E-state index contributed by atoms with van der Waals surface area (Å²) >= 11 is 0. The molecule has 1 aromatic carbocycles. The lowest BCUT2D eigenvalue weighted by Crippen LogP contribution is -2.07. The molecule has 0 aliphatic heterocycles. The van der Waals surface area contributed by atoms with E-state index < -0.39 is 5.63 Å². The summed E-state index contributed by atoms with van der Waals surface area (Å²) < 4.78 is 6.40. The third-order valence-corrected chi connectivity index (χ3v) is 2.55. The first kappa shape index (κ1) is 11.1. The molecule has 1 N–H and O–H groups in total. The van der Waals surface area contributed by atoms with Gasteiger partial charge in [0.25, 0.3) is 0 Å². The van der Waals surface area contributed by atoms with E-state index in [9.17, 15) is 9.90 Å². The lowest BCUT2D eigenvalue weighted by molar-refractivity contribution is 0.466. The molecule has 0 amide bonds. The topological polar surface area (TPSA) is 93.5 Å². The van der Waals surface area contributed by atoms with Gasteiger partial charge in [0.1, 0.15) is 29.6 Å². The molecular weight excluding hydrogens is 248 g/mol. The third-order valence-electron chi connectivity index (χ3n) is 2.55. The summed E-state index contributed by atoms with van der Waals surface area (Å²) in [6, 6.07) is 6.72. The molecule has 0 saturated heterocycles. The molecule has 7 heteroatoms. The molecule has 2 heterocycles. The smallest absolute Gasteiger partial charge is 0.349 e. The lowest BCUT2D eigenvalue weighted by atomic mass is 10.1. The number of fused-ring (bicyclic) bond motifs is 1. The van der Waals surface area contributed by atoms with Crippen LogP contribution < -0.4 is 5.63 Å². The van der Waals surface area contributed by atoms with Crippen LogP contribution in [0.1, 0.15) is 5.56 Å². The molecule has 0 atom stereocenters. The van der Waals surface area contributed by atoms with Gasteiger partial charge in [-0.3, -0.25) is 0 Å². The predicted octanol–water partition coefficient (Wildman–Crippen LogP) is 0.972. The van der Waals surface area contributed by atoms with Crippen LogP contribution in [0.5, 0.6) is 5.75 Å². The van der Waals surface area contributed by atoms with Crippen molar-refractivity contribution in [3.05, 3.63) is 52.9 Å². The molecule has 0 radical (unpaired) electrons. The molecule has 0 aliphatic rings. The second-order valence-electron chi connectivity index (χ2n) is 3.73. The van der Waals surface area contributed by atoms with Gasteiger partial charge in [0.2, 0.25) is 0 Å². The van der Waals surface area contributed by atoms with Gasteiger partial charge in [0.15, 0.2) is 0 Å². The van der Waals surface area contributed by atoms with Gasteiger partial charge in [-0.1, -0.05) is 12.1 Å². The third kappa shape index (κ3) is 1.97. The van der Waals surface area contributed by atoms with Crippen LogP contribution in [0.2, 0.25) is 0 Å². The fourth-order valence-electron chi connectivity index (χ4n) is 1.64. The minimum atomic E-state index is -0.659. The first-order valence-corrected chi connectivity index (χ1v) is 5.39. The Kier molecular flexibility index (Phi) is 2.57. The maximum atomic E-state index is 11.8. The highest BCUT2D eigenvalue weighted by atomic mass is 16.4. The fraction of sp³-hybridized carbons (Fsp3) is 0. The molecular formula is C12H8N4O3. The molecule has 0 saturated carbocycles. The Morgan fingerprint density at radius 3 is 2.79 bits per heavy atom. The average Bonchev–Trinajstić information content (AvgIpc) is 2.92. The van der Waals surface area contributed by atoms with Gasteiger partial charge in [0.05, 0.1) is 11.6 Å². The normalized spacial score (nSPS) is 11.4. The Labute approximate surface area is 106 Å². The lowest BCUT2D eigenvalue weighted by Gasteiger charge is -2.01. The molecule has 94 valence electrons. The van der Waals surface area contributed by atoms with Crippen LogP contribution in [0.15, 0.2) is 51.2 Å². The Morgan fingerprint density at radius 2 is 2.00 bits per heavy atom. The predicted molar refractivity (Wildman–Crippen MR) is 67.2 cm³/mol. The molecule has 3 aromatic rings. The zero-order chi connectivity index (χ0) is 13.2. The van der Waals surface area contributed by atoms with Crippen molar-refractivity contribution in [2.24, 2.45) is 5.10 Å².